The molecule has 174 valence electrons. The lowest BCUT2D eigenvalue weighted by Gasteiger charge is -2.10. The zero-order chi connectivity index (χ0) is 23.8. The van der Waals surface area contributed by atoms with Crippen LogP contribution < -0.4 is 20.3 Å². The highest BCUT2D eigenvalue weighted by molar-refractivity contribution is 7.98. The number of carbonyl (C=O) groups excluding carboxylic acids is 1. The highest BCUT2D eigenvalue weighted by atomic mass is 35.5. The first-order chi connectivity index (χ1) is 15.9. The Bertz CT molecular complexity index is 1180. The molecule has 2 N–H and O–H groups in total. The van der Waals surface area contributed by atoms with Crippen molar-refractivity contribution in [2.75, 3.05) is 20.8 Å². The highest BCUT2D eigenvalue weighted by Gasteiger charge is 2.13. The average Bonchev–Trinajstić information content (AvgIpc) is 2.80. The number of amides is 1. The molecule has 7 nitrogen and oxygen atoms in total. The van der Waals surface area contributed by atoms with E-state index in [4.69, 9.17) is 21.1 Å². The maximum atomic E-state index is 12.6. The highest BCUT2D eigenvalue weighted by Crippen LogP contribution is 2.27. The Hall–Kier alpha value is -2.97. The molecule has 0 saturated heterocycles. The zero-order valence-electron chi connectivity index (χ0n) is 18.7. The van der Waals surface area contributed by atoms with Gasteiger partial charge in [0.25, 0.3) is 5.56 Å². The van der Waals surface area contributed by atoms with E-state index in [1.54, 1.807) is 21.1 Å². The van der Waals surface area contributed by atoms with Gasteiger partial charge in [-0.05, 0) is 48.7 Å². The number of carbonyl (C=O) groups is 1. The predicted octanol–water partition coefficient (Wildman–Crippen LogP) is 3.94. The van der Waals surface area contributed by atoms with Crippen LogP contribution in [0.5, 0.6) is 11.5 Å². The molecule has 0 atom stereocenters. The van der Waals surface area contributed by atoms with Crippen LogP contribution in [-0.2, 0) is 23.4 Å². The predicted molar refractivity (Wildman–Crippen MR) is 131 cm³/mol. The molecule has 2 aromatic carbocycles. The first-order valence-electron chi connectivity index (χ1n) is 10.3. The Morgan fingerprint density at radius 2 is 1.91 bits per heavy atom. The van der Waals surface area contributed by atoms with Crippen molar-refractivity contribution < 1.29 is 14.3 Å². The molecule has 3 aromatic rings. The molecule has 0 aliphatic carbocycles. The van der Waals surface area contributed by atoms with Crippen molar-refractivity contribution in [2.24, 2.45) is 0 Å². The van der Waals surface area contributed by atoms with Crippen LogP contribution in [0.15, 0.2) is 52.4 Å². The number of rotatable bonds is 10. The summed E-state index contributed by atoms with van der Waals surface area (Å²) < 4.78 is 10.5. The van der Waals surface area contributed by atoms with E-state index in [1.165, 1.54) is 11.8 Å². The molecule has 0 aliphatic heterocycles. The number of aromatic amines is 1. The van der Waals surface area contributed by atoms with Gasteiger partial charge in [-0.15, -0.1) is 0 Å². The van der Waals surface area contributed by atoms with Gasteiger partial charge in [0.2, 0.25) is 5.91 Å². The number of nitrogens with zero attached hydrogens (tertiary/aromatic N) is 1. The SMILES string of the molecule is COc1ccc(CCNC(=O)Cc2c(C)nc(SCc3cccc(Cl)c3)[nH]c2=O)cc1OC. The first-order valence-corrected chi connectivity index (χ1v) is 11.7. The number of H-pyrrole nitrogens is 1. The van der Waals surface area contributed by atoms with Gasteiger partial charge < -0.3 is 19.8 Å². The fourth-order valence-electron chi connectivity index (χ4n) is 3.25. The maximum absolute atomic E-state index is 12.6. The van der Waals surface area contributed by atoms with Gasteiger partial charge in [0.05, 0.1) is 20.6 Å². The minimum absolute atomic E-state index is 0.0284. The summed E-state index contributed by atoms with van der Waals surface area (Å²) in [6, 6.07) is 13.2. The molecule has 1 aromatic heterocycles. The quantitative estimate of drug-likeness (QED) is 0.332. The molecule has 33 heavy (non-hydrogen) atoms. The third-order valence-corrected chi connectivity index (χ3v) is 6.17. The summed E-state index contributed by atoms with van der Waals surface area (Å²) in [6.45, 7) is 2.18. The van der Waals surface area contributed by atoms with E-state index in [9.17, 15) is 9.59 Å². The number of hydrogen-bond donors (Lipinski definition) is 2. The third kappa shape index (κ3) is 7.00. The van der Waals surface area contributed by atoms with Crippen LogP contribution in [0.25, 0.3) is 0 Å². The van der Waals surface area contributed by atoms with Crippen LogP contribution in [-0.4, -0.2) is 36.6 Å². The van der Waals surface area contributed by atoms with Gasteiger partial charge in [0.15, 0.2) is 16.7 Å². The average molecular weight is 488 g/mol. The lowest BCUT2D eigenvalue weighted by molar-refractivity contribution is -0.120. The van der Waals surface area contributed by atoms with E-state index in [0.717, 1.165) is 11.1 Å². The minimum Gasteiger partial charge on any atom is -0.493 e. The van der Waals surface area contributed by atoms with Crippen LogP contribution in [0.4, 0.5) is 0 Å². The zero-order valence-corrected chi connectivity index (χ0v) is 20.3. The molecule has 1 amide bonds. The summed E-state index contributed by atoms with van der Waals surface area (Å²) in [7, 11) is 3.17. The molecule has 0 aliphatic rings. The lowest BCUT2D eigenvalue weighted by Crippen LogP contribution is -2.30. The number of benzene rings is 2. The molecule has 0 spiro atoms. The minimum atomic E-state index is -0.300. The molecule has 0 unspecified atom stereocenters. The third-order valence-electron chi connectivity index (χ3n) is 4.99. The van der Waals surface area contributed by atoms with Crippen molar-refractivity contribution in [2.45, 2.75) is 30.7 Å². The first kappa shape index (κ1) is 24.7. The van der Waals surface area contributed by atoms with Crippen LogP contribution in [0.1, 0.15) is 22.4 Å². The largest absolute Gasteiger partial charge is 0.493 e. The van der Waals surface area contributed by atoms with Gasteiger partial charge >= 0.3 is 0 Å². The Labute approximate surface area is 201 Å². The summed E-state index contributed by atoms with van der Waals surface area (Å²) in [6.07, 6.45) is 0.595. The van der Waals surface area contributed by atoms with E-state index in [-0.39, 0.29) is 17.9 Å². The number of hydrogen-bond acceptors (Lipinski definition) is 6. The molecule has 3 rings (SSSR count). The molecule has 0 saturated carbocycles. The molecule has 0 bridgehead atoms. The van der Waals surface area contributed by atoms with Crippen LogP contribution >= 0.6 is 23.4 Å². The second kappa shape index (κ2) is 11.8. The Morgan fingerprint density at radius 1 is 1.12 bits per heavy atom. The van der Waals surface area contributed by atoms with Crippen molar-refractivity contribution in [3.8, 4) is 11.5 Å². The lowest BCUT2D eigenvalue weighted by atomic mass is 10.1. The van der Waals surface area contributed by atoms with Gasteiger partial charge in [-0.1, -0.05) is 41.6 Å². The molecular formula is C24H26ClN3O4S. The summed E-state index contributed by atoms with van der Waals surface area (Å²) >= 11 is 7.42. The molecule has 1 heterocycles. The van der Waals surface area contributed by atoms with Gasteiger partial charge in [-0.3, -0.25) is 9.59 Å². The van der Waals surface area contributed by atoms with Crippen molar-refractivity contribution in [3.63, 3.8) is 0 Å². The van der Waals surface area contributed by atoms with E-state index in [0.29, 0.717) is 51.7 Å². The fourth-order valence-corrected chi connectivity index (χ4v) is 4.31. The molecule has 0 radical (unpaired) electrons. The summed E-state index contributed by atoms with van der Waals surface area (Å²) in [5, 5.41) is 4.03. The van der Waals surface area contributed by atoms with Gasteiger partial charge in [0.1, 0.15) is 0 Å². The van der Waals surface area contributed by atoms with Crippen molar-refractivity contribution in [1.82, 2.24) is 15.3 Å². The number of ether oxygens (including phenoxy) is 2. The Kier molecular flexibility index (Phi) is 8.79. The summed E-state index contributed by atoms with van der Waals surface area (Å²) in [4.78, 5) is 32.2. The Balaban J connectivity index is 1.54. The van der Waals surface area contributed by atoms with Crippen LogP contribution in [0.2, 0.25) is 5.02 Å². The van der Waals surface area contributed by atoms with Crippen molar-refractivity contribution >= 4 is 29.3 Å². The monoisotopic (exact) mass is 487 g/mol. The van der Waals surface area contributed by atoms with E-state index in [1.807, 2.05) is 42.5 Å². The molecule has 9 heteroatoms. The summed E-state index contributed by atoms with van der Waals surface area (Å²) in [5.41, 5.74) is 2.65. The number of methoxy groups -OCH3 is 2. The second-order valence-electron chi connectivity index (χ2n) is 7.32. The van der Waals surface area contributed by atoms with Crippen LogP contribution in [0, 0.1) is 6.92 Å². The number of aryl methyl sites for hydroxylation is 1. The van der Waals surface area contributed by atoms with E-state index in [2.05, 4.69) is 15.3 Å². The van der Waals surface area contributed by atoms with Gasteiger partial charge in [-0.2, -0.15) is 0 Å². The molecule has 0 fully saturated rings. The van der Waals surface area contributed by atoms with Crippen LogP contribution in [0.3, 0.4) is 0 Å². The number of thioether (sulfide) groups is 1. The van der Waals surface area contributed by atoms with E-state index >= 15 is 0 Å². The standard InChI is InChI=1S/C24H26ClN3O4S/c1-15-19(23(30)28-24(27-15)33-14-17-5-4-6-18(25)11-17)13-22(29)26-10-9-16-7-8-20(31-2)21(12-16)32-3/h4-8,11-12H,9-10,13-14H2,1-3H3,(H,26,29)(H,27,28,30). The normalized spacial score (nSPS) is 10.7. The smallest absolute Gasteiger partial charge is 0.255 e. The maximum Gasteiger partial charge on any atom is 0.255 e. The second-order valence-corrected chi connectivity index (χ2v) is 8.72. The fraction of sp³-hybridized carbons (Fsp3) is 0.292. The van der Waals surface area contributed by atoms with Crippen molar-refractivity contribution in [3.05, 3.63) is 80.2 Å². The topological polar surface area (TPSA) is 93.3 Å². The van der Waals surface area contributed by atoms with Crippen molar-refractivity contribution in [1.29, 1.82) is 0 Å². The number of aromatic nitrogens is 2. The molecular weight excluding hydrogens is 462 g/mol. The van der Waals surface area contributed by atoms with Gasteiger partial charge in [0, 0.05) is 28.6 Å². The van der Waals surface area contributed by atoms with E-state index < -0.39 is 0 Å². The summed E-state index contributed by atoms with van der Waals surface area (Å²) in [5.74, 6) is 1.69. The van der Waals surface area contributed by atoms with Gasteiger partial charge in [-0.25, -0.2) is 4.98 Å². The number of nitrogens with one attached hydrogen (secondary N) is 2. The number of halogens is 1. The Morgan fingerprint density at radius 3 is 2.61 bits per heavy atom.